The molecule has 0 amide bonds. The van der Waals surface area contributed by atoms with Crippen LogP contribution in [0.25, 0.3) is 110 Å². The van der Waals surface area contributed by atoms with Gasteiger partial charge >= 0.3 is 0 Å². The van der Waals surface area contributed by atoms with E-state index in [4.69, 9.17) is 9.97 Å². The normalized spacial score (nSPS) is 12.2. The largest absolute Gasteiger partial charge is 0.308 e. The first-order chi connectivity index (χ1) is 25.8. The molecule has 0 N–H and O–H groups in total. The van der Waals surface area contributed by atoms with Crippen molar-refractivity contribution >= 4 is 81.6 Å². The Bertz CT molecular complexity index is 3390. The van der Waals surface area contributed by atoms with Gasteiger partial charge in [0, 0.05) is 43.3 Å². The van der Waals surface area contributed by atoms with E-state index in [2.05, 4.69) is 179 Å². The van der Waals surface area contributed by atoms with Crippen molar-refractivity contribution < 1.29 is 0 Å². The van der Waals surface area contributed by atoms with Crippen molar-refractivity contribution in [3.05, 3.63) is 170 Å². The number of aromatic nitrogens is 4. The molecule has 0 fully saturated rings. The standard InChI is InChI=1S/C48H28N4/c1-2-12-29(13-3-1)30-22-24-31(25-23-30)45-36-18-6-9-19-40(36)49-48(50-45)52-42-21-11-8-17-35(42)38-28-37-34-16-7-10-20-41(34)51-43-27-33-15-5-4-14-32(33)26-39(43)44(46(37)51)47(38)52/h1-28H. The molecular formula is C48H28N4. The summed E-state index contributed by atoms with van der Waals surface area (Å²) in [7, 11) is 0. The molecule has 4 nitrogen and oxygen atoms in total. The molecule has 240 valence electrons. The minimum atomic E-state index is 0.666. The van der Waals surface area contributed by atoms with Crippen molar-refractivity contribution in [2.24, 2.45) is 0 Å². The fourth-order valence-corrected chi connectivity index (χ4v) is 8.73. The van der Waals surface area contributed by atoms with Gasteiger partial charge in [-0.1, -0.05) is 133 Å². The van der Waals surface area contributed by atoms with Crippen LogP contribution in [0.5, 0.6) is 0 Å². The van der Waals surface area contributed by atoms with Gasteiger partial charge in [-0.2, -0.15) is 0 Å². The number of nitrogens with zero attached hydrogens (tertiary/aromatic N) is 4. The zero-order chi connectivity index (χ0) is 33.9. The van der Waals surface area contributed by atoms with E-state index in [-0.39, 0.29) is 0 Å². The van der Waals surface area contributed by atoms with Crippen LogP contribution >= 0.6 is 0 Å². The van der Waals surface area contributed by atoms with Crippen LogP contribution in [0, 0.1) is 0 Å². The van der Waals surface area contributed by atoms with E-state index in [0.29, 0.717) is 5.95 Å². The molecule has 4 heterocycles. The van der Waals surface area contributed by atoms with Crippen molar-refractivity contribution in [1.29, 1.82) is 0 Å². The quantitative estimate of drug-likeness (QED) is 0.189. The molecular weight excluding hydrogens is 633 g/mol. The van der Waals surface area contributed by atoms with Gasteiger partial charge in [-0.05, 0) is 58.3 Å². The Balaban J connectivity index is 1.23. The highest BCUT2D eigenvalue weighted by Gasteiger charge is 2.26. The summed E-state index contributed by atoms with van der Waals surface area (Å²) in [6, 6.07) is 61.0. The van der Waals surface area contributed by atoms with Gasteiger partial charge < -0.3 is 4.40 Å². The van der Waals surface area contributed by atoms with Crippen molar-refractivity contribution in [3.63, 3.8) is 0 Å². The van der Waals surface area contributed by atoms with Crippen LogP contribution < -0.4 is 0 Å². The fraction of sp³-hybridized carbons (Fsp3) is 0. The Morgan fingerprint density at radius 3 is 1.77 bits per heavy atom. The van der Waals surface area contributed by atoms with Crippen molar-refractivity contribution in [1.82, 2.24) is 18.9 Å². The summed E-state index contributed by atoms with van der Waals surface area (Å²) in [5.74, 6) is 0.666. The molecule has 0 aliphatic rings. The van der Waals surface area contributed by atoms with Crippen LogP contribution in [-0.2, 0) is 0 Å². The topological polar surface area (TPSA) is 35.1 Å². The minimum absolute atomic E-state index is 0.666. The maximum atomic E-state index is 5.48. The molecule has 0 aliphatic carbocycles. The van der Waals surface area contributed by atoms with Gasteiger partial charge in [0.1, 0.15) is 0 Å². The third kappa shape index (κ3) is 3.70. The third-order valence-corrected chi connectivity index (χ3v) is 11.0. The van der Waals surface area contributed by atoms with Gasteiger partial charge in [0.2, 0.25) is 5.95 Å². The monoisotopic (exact) mass is 660 g/mol. The van der Waals surface area contributed by atoms with Crippen LogP contribution in [-0.4, -0.2) is 18.9 Å². The van der Waals surface area contributed by atoms with Crippen LogP contribution in [0.2, 0.25) is 0 Å². The van der Waals surface area contributed by atoms with Crippen molar-refractivity contribution in [2.45, 2.75) is 0 Å². The highest BCUT2D eigenvalue weighted by Crippen LogP contribution is 2.47. The molecule has 0 spiro atoms. The molecule has 0 radical (unpaired) electrons. The SMILES string of the molecule is c1ccc(-c2ccc(-c3nc(-n4c5ccccc5c5cc6c7ccccc7n7c8cc9ccccc9cc8c(c54)c67)nc4ccccc34)cc2)cc1. The van der Waals surface area contributed by atoms with E-state index < -0.39 is 0 Å². The summed E-state index contributed by atoms with van der Waals surface area (Å²) in [6.45, 7) is 0. The van der Waals surface area contributed by atoms with Gasteiger partial charge in [0.25, 0.3) is 0 Å². The highest BCUT2D eigenvalue weighted by atomic mass is 15.2. The molecule has 12 rings (SSSR count). The highest BCUT2D eigenvalue weighted by molar-refractivity contribution is 6.34. The van der Waals surface area contributed by atoms with Gasteiger partial charge in [0.05, 0.1) is 38.8 Å². The molecule has 0 atom stereocenters. The first-order valence-electron chi connectivity index (χ1n) is 17.8. The van der Waals surface area contributed by atoms with E-state index in [9.17, 15) is 0 Å². The van der Waals surface area contributed by atoms with Crippen LogP contribution in [0.1, 0.15) is 0 Å². The van der Waals surface area contributed by atoms with Crippen LogP contribution in [0.4, 0.5) is 0 Å². The molecule has 0 unspecified atom stereocenters. The van der Waals surface area contributed by atoms with Crippen LogP contribution in [0.3, 0.4) is 0 Å². The maximum absolute atomic E-state index is 5.48. The van der Waals surface area contributed by atoms with Gasteiger partial charge in [0.15, 0.2) is 0 Å². The van der Waals surface area contributed by atoms with E-state index in [1.54, 1.807) is 0 Å². The first-order valence-corrected chi connectivity index (χ1v) is 17.8. The predicted molar refractivity (Wildman–Crippen MR) is 217 cm³/mol. The molecule has 0 saturated heterocycles. The molecule has 0 aliphatic heterocycles. The zero-order valence-electron chi connectivity index (χ0n) is 28.0. The minimum Gasteiger partial charge on any atom is -0.308 e. The lowest BCUT2D eigenvalue weighted by atomic mass is 10.0. The fourth-order valence-electron chi connectivity index (χ4n) is 8.73. The van der Waals surface area contributed by atoms with Crippen molar-refractivity contribution in [2.75, 3.05) is 0 Å². The number of fused-ring (bicyclic) bond motifs is 12. The molecule has 12 aromatic rings. The third-order valence-electron chi connectivity index (χ3n) is 11.0. The van der Waals surface area contributed by atoms with E-state index in [1.807, 2.05) is 0 Å². The van der Waals surface area contributed by atoms with Gasteiger partial charge in [-0.25, -0.2) is 9.97 Å². The second kappa shape index (κ2) is 10.3. The summed E-state index contributed by atoms with van der Waals surface area (Å²) in [5.41, 5.74) is 11.2. The Labute approximate surface area is 297 Å². The van der Waals surface area contributed by atoms with Crippen molar-refractivity contribution in [3.8, 4) is 28.3 Å². The summed E-state index contributed by atoms with van der Waals surface area (Å²) in [4.78, 5) is 10.8. The van der Waals surface area contributed by atoms with E-state index >= 15 is 0 Å². The van der Waals surface area contributed by atoms with Gasteiger partial charge in [-0.15, -0.1) is 0 Å². The average Bonchev–Trinajstić information content (AvgIpc) is 3.84. The summed E-state index contributed by atoms with van der Waals surface area (Å²) in [6.07, 6.45) is 0. The molecule has 52 heavy (non-hydrogen) atoms. The number of rotatable bonds is 3. The average molecular weight is 661 g/mol. The Morgan fingerprint density at radius 2 is 0.962 bits per heavy atom. The van der Waals surface area contributed by atoms with Gasteiger partial charge in [-0.3, -0.25) is 4.57 Å². The molecule has 4 heteroatoms. The lowest BCUT2D eigenvalue weighted by Gasteiger charge is -2.13. The van der Waals surface area contributed by atoms with Crippen LogP contribution in [0.15, 0.2) is 170 Å². The zero-order valence-corrected chi connectivity index (χ0v) is 28.0. The Kier molecular flexibility index (Phi) is 5.47. The number of para-hydroxylation sites is 3. The molecule has 4 aromatic heterocycles. The van der Waals surface area contributed by atoms with E-state index in [1.165, 1.54) is 70.8 Å². The number of hydrogen-bond donors (Lipinski definition) is 0. The summed E-state index contributed by atoms with van der Waals surface area (Å²) >= 11 is 0. The number of hydrogen-bond acceptors (Lipinski definition) is 2. The lowest BCUT2D eigenvalue weighted by molar-refractivity contribution is 1.02. The summed E-state index contributed by atoms with van der Waals surface area (Å²) in [5, 5.41) is 10.9. The Hall–Kier alpha value is -7.04. The molecule has 8 aromatic carbocycles. The summed E-state index contributed by atoms with van der Waals surface area (Å²) < 4.78 is 4.80. The molecule has 0 saturated carbocycles. The second-order valence-corrected chi connectivity index (χ2v) is 13.8. The predicted octanol–water partition coefficient (Wildman–Crippen LogP) is 12.4. The number of benzene rings is 8. The molecule has 0 bridgehead atoms. The second-order valence-electron chi connectivity index (χ2n) is 13.8. The lowest BCUT2D eigenvalue weighted by Crippen LogP contribution is -2.03. The van der Waals surface area contributed by atoms with E-state index in [0.717, 1.165) is 33.2 Å². The Morgan fingerprint density at radius 1 is 0.365 bits per heavy atom. The smallest absolute Gasteiger partial charge is 0.235 e. The first kappa shape index (κ1) is 27.7. The maximum Gasteiger partial charge on any atom is 0.235 e.